The summed E-state index contributed by atoms with van der Waals surface area (Å²) in [5.41, 5.74) is 0. The topological polar surface area (TPSA) is 80.3 Å². The predicted molar refractivity (Wildman–Crippen MR) is 22.0 cm³/mol. The predicted octanol–water partition coefficient (Wildman–Crippen LogP) is -2.10. The van der Waals surface area contributed by atoms with Gasteiger partial charge in [0.15, 0.2) is 0 Å². The van der Waals surface area contributed by atoms with Gasteiger partial charge in [0.05, 0.1) is 0 Å². The molecule has 0 unspecified atom stereocenters. The summed E-state index contributed by atoms with van der Waals surface area (Å²) in [5.74, 6) is 0. The van der Waals surface area contributed by atoms with Crippen LogP contribution in [0, 0.1) is 0 Å². The van der Waals surface area contributed by atoms with Crippen molar-refractivity contribution < 1.29 is 34.6 Å². The minimum Gasteiger partial charge on any atom is -0.759 e. The van der Waals surface area contributed by atoms with E-state index in [0.717, 1.165) is 0 Å². The van der Waals surface area contributed by atoms with Crippen molar-refractivity contribution in [3.63, 3.8) is 0 Å². The molecule has 0 spiro atoms. The van der Waals surface area contributed by atoms with Gasteiger partial charge in [-0.2, -0.15) is 0 Å². The van der Waals surface area contributed by atoms with Crippen molar-refractivity contribution in [3.8, 4) is 0 Å². The van der Waals surface area contributed by atoms with Crippen LogP contribution in [0.15, 0.2) is 0 Å². The van der Waals surface area contributed by atoms with Gasteiger partial charge in [-0.1, -0.05) is 0 Å². The Labute approximate surface area is 88.8 Å². The van der Waals surface area contributed by atoms with Crippen molar-refractivity contribution in [2.24, 2.45) is 0 Å². The van der Waals surface area contributed by atoms with E-state index in [4.69, 9.17) is 17.5 Å². The van der Waals surface area contributed by atoms with Crippen LogP contribution in [0.25, 0.3) is 0 Å². The zero-order valence-electron chi connectivity index (χ0n) is 3.42. The van der Waals surface area contributed by atoms with E-state index in [1.54, 1.807) is 0 Å². The van der Waals surface area contributed by atoms with Crippen LogP contribution in [0.3, 0.4) is 0 Å². The largest absolute Gasteiger partial charge is 3.00 e. The van der Waals surface area contributed by atoms with Gasteiger partial charge >= 0.3 is 61.7 Å². The Hall–Kier alpha value is 1.84. The van der Waals surface area contributed by atoms with Crippen molar-refractivity contribution in [1.82, 2.24) is 0 Å². The Kier molecular flexibility index (Phi) is 24.9. The van der Waals surface area contributed by atoms with Crippen LogP contribution in [0.1, 0.15) is 0 Å². The molecule has 8 heavy (non-hydrogen) atoms. The van der Waals surface area contributed by atoms with Crippen LogP contribution in [0.4, 0.5) is 0 Å². The molecule has 4 nitrogen and oxygen atoms in total. The molecule has 0 aliphatic rings. The van der Waals surface area contributed by atoms with Gasteiger partial charge in [-0.15, -0.1) is 0 Å². The molecule has 0 aliphatic carbocycles. The van der Waals surface area contributed by atoms with Crippen LogP contribution in [-0.4, -0.2) is 62.2 Å². The Morgan fingerprint density at radius 2 is 1.12 bits per heavy atom. The third-order valence-electron chi connectivity index (χ3n) is 0. The molecule has 0 heterocycles. The van der Waals surface area contributed by atoms with Crippen molar-refractivity contribution >= 4 is 55.1 Å². The van der Waals surface area contributed by atoms with Crippen LogP contribution < -0.4 is 0 Å². The minimum absolute atomic E-state index is 0. The molecule has 0 rings (SSSR count). The first-order valence-corrected chi connectivity index (χ1v) is 2.00. The summed E-state index contributed by atoms with van der Waals surface area (Å²) in [6.45, 7) is 0. The monoisotopic (exact) mass is 394 g/mol. The van der Waals surface area contributed by atoms with Gasteiger partial charge in [0.2, 0.25) is 0 Å². The van der Waals surface area contributed by atoms with Crippen LogP contribution in [0.2, 0.25) is 0 Å². The zero-order valence-corrected chi connectivity index (χ0v) is 10.2. The maximum absolute atomic E-state index is 8.52. The minimum atomic E-state index is -5.17. The van der Waals surface area contributed by atoms with Crippen LogP contribution >= 0.6 is 0 Å². The fourth-order valence-corrected chi connectivity index (χ4v) is 0. The molecule has 0 aromatic rings. The summed E-state index contributed by atoms with van der Waals surface area (Å²) < 4.78 is 34.1. The molecule has 0 aliphatic heterocycles. The second-order valence-corrected chi connectivity index (χ2v) is 1.22. The van der Waals surface area contributed by atoms with Crippen molar-refractivity contribution in [1.29, 1.82) is 0 Å². The summed E-state index contributed by atoms with van der Waals surface area (Å²) in [5, 5.41) is 0. The maximum atomic E-state index is 8.52. The molecule has 3 radical (unpaired) electrons. The molecule has 43 valence electrons. The van der Waals surface area contributed by atoms with Gasteiger partial charge in [0, 0.05) is 10.4 Å². The molecule has 0 atom stereocenters. The molecule has 0 N–H and O–H groups in total. The van der Waals surface area contributed by atoms with E-state index < -0.39 is 10.4 Å². The first-order valence-electron chi connectivity index (χ1n) is 0.667. The van der Waals surface area contributed by atoms with E-state index >= 15 is 0 Å². The van der Waals surface area contributed by atoms with Gasteiger partial charge in [-0.3, -0.25) is 8.42 Å². The number of hydrogen-bond donors (Lipinski definition) is 0. The van der Waals surface area contributed by atoms with Gasteiger partial charge in [-0.05, 0) is 0 Å². The van der Waals surface area contributed by atoms with Gasteiger partial charge in [-0.25, -0.2) is 0 Å². The first kappa shape index (κ1) is 22.5. The van der Waals surface area contributed by atoms with Crippen LogP contribution in [-0.2, 0) is 27.5 Å². The summed E-state index contributed by atoms with van der Waals surface area (Å²) in [6.07, 6.45) is 0. The third kappa shape index (κ3) is 108. The van der Waals surface area contributed by atoms with Gasteiger partial charge < -0.3 is 9.11 Å². The summed E-state index contributed by atoms with van der Waals surface area (Å²) in [6, 6.07) is 0. The molecule has 0 bridgehead atoms. The summed E-state index contributed by atoms with van der Waals surface area (Å²) in [7, 11) is -5.17. The second kappa shape index (κ2) is 8.84. The van der Waals surface area contributed by atoms with E-state index in [-0.39, 0.29) is 61.7 Å². The van der Waals surface area contributed by atoms with E-state index in [9.17, 15) is 0 Å². The zero-order chi connectivity index (χ0) is 4.50. The first-order chi connectivity index (χ1) is 2.00. The fourth-order valence-electron chi connectivity index (χ4n) is 0. The molecular formula is AlCuO4PbS+5. The number of rotatable bonds is 0. The molecule has 0 saturated carbocycles. The van der Waals surface area contributed by atoms with Crippen molar-refractivity contribution in [3.05, 3.63) is 0 Å². The Bertz CT molecular complexity index is 99.2. The quantitative estimate of drug-likeness (QED) is 0.268. The molecule has 8 heteroatoms. The average Bonchev–Trinajstić information content (AvgIpc) is 0.722. The Balaban J connectivity index is -0.0000000267. The summed E-state index contributed by atoms with van der Waals surface area (Å²) >= 11 is 0. The Morgan fingerprint density at radius 1 is 1.12 bits per heavy atom. The second-order valence-electron chi connectivity index (χ2n) is 0.408. The maximum Gasteiger partial charge on any atom is 3.00 e. The SMILES string of the molecule is O=S(=O)([O-])[O-].[Al+3].[Cu+2].[Pb+2]. The summed E-state index contributed by atoms with van der Waals surface area (Å²) in [4.78, 5) is 0. The van der Waals surface area contributed by atoms with Gasteiger partial charge in [0.25, 0.3) is 0 Å². The normalized spacial score (nSPS) is 7.25. The average molecular weight is 394 g/mol. The van der Waals surface area contributed by atoms with E-state index in [1.807, 2.05) is 0 Å². The van der Waals surface area contributed by atoms with Crippen molar-refractivity contribution in [2.45, 2.75) is 0 Å². The van der Waals surface area contributed by atoms with Crippen LogP contribution in [0.5, 0.6) is 0 Å². The smallest absolute Gasteiger partial charge is 0.759 e. The standard InChI is InChI=1S/Al.Cu.H2O4S.Pb/c;;1-5(2,3)4;/h;;(H2,1,2,3,4);/q+3;+2;;+2/p-2. The molecule has 0 aromatic heterocycles. The fraction of sp³-hybridized carbons (Fsp3) is 0. The number of hydrogen-bond acceptors (Lipinski definition) is 4. The molecular weight excluding hydrogens is 394 g/mol. The van der Waals surface area contributed by atoms with Gasteiger partial charge in [0.1, 0.15) is 0 Å². The third-order valence-corrected chi connectivity index (χ3v) is 0. The van der Waals surface area contributed by atoms with Crippen molar-refractivity contribution in [2.75, 3.05) is 0 Å². The van der Waals surface area contributed by atoms with E-state index in [1.165, 1.54) is 0 Å². The molecule has 0 fully saturated rings. The molecule has 0 amide bonds. The molecule has 0 aromatic carbocycles. The Morgan fingerprint density at radius 3 is 1.12 bits per heavy atom. The van der Waals surface area contributed by atoms with E-state index in [0.29, 0.717) is 0 Å². The van der Waals surface area contributed by atoms with E-state index in [2.05, 4.69) is 0 Å². The molecule has 0 saturated heterocycles.